The molecule has 1 atom stereocenters. The molecule has 1 aliphatic heterocycles. The largest absolute Gasteiger partial charge is 0.341 e. The molecule has 1 aliphatic rings. The molecule has 1 aromatic heterocycles. The van der Waals surface area contributed by atoms with Gasteiger partial charge in [0.15, 0.2) is 0 Å². The van der Waals surface area contributed by atoms with E-state index in [0.29, 0.717) is 6.04 Å². The second-order valence-electron chi connectivity index (χ2n) is 5.54. The monoisotopic (exact) mass is 377 g/mol. The summed E-state index contributed by atoms with van der Waals surface area (Å²) >= 11 is 3.51. The van der Waals surface area contributed by atoms with Crippen molar-refractivity contribution < 1.29 is 0 Å². The van der Waals surface area contributed by atoms with E-state index >= 15 is 0 Å². The first-order valence-electron chi connectivity index (χ1n) is 7.27. The first kappa shape index (κ1) is 15.5. The van der Waals surface area contributed by atoms with Gasteiger partial charge in [0.05, 0.1) is 17.9 Å². The van der Waals surface area contributed by atoms with Crippen molar-refractivity contribution in [2.24, 2.45) is 0 Å². The van der Waals surface area contributed by atoms with Gasteiger partial charge in [-0.25, -0.2) is 4.98 Å². The SMILES string of the molecule is Brc1ccc2cc(-c3cnc([C@@H]4CCCN4)[nH]3)ccc2c1.Cl. The standard InChI is InChI=1S/C17H16BrN3.ClH/c18-14-6-5-11-8-13(4-3-12(11)9-14)16-10-20-17(21-16)15-2-1-7-19-15;/h3-6,8-10,15,19H,1-2,7H2,(H,20,21);1H/t15-;/m0./s1. The molecule has 114 valence electrons. The van der Waals surface area contributed by atoms with E-state index in [1.165, 1.54) is 29.2 Å². The maximum Gasteiger partial charge on any atom is 0.123 e. The highest BCUT2D eigenvalue weighted by Crippen LogP contribution is 2.27. The van der Waals surface area contributed by atoms with Gasteiger partial charge in [-0.1, -0.05) is 34.1 Å². The molecule has 0 radical (unpaired) electrons. The van der Waals surface area contributed by atoms with Gasteiger partial charge in [0.1, 0.15) is 5.82 Å². The van der Waals surface area contributed by atoms with Crippen molar-refractivity contribution in [3.8, 4) is 11.3 Å². The summed E-state index contributed by atoms with van der Waals surface area (Å²) < 4.78 is 1.11. The second kappa shape index (κ2) is 6.41. The lowest BCUT2D eigenvalue weighted by molar-refractivity contribution is 0.613. The molecule has 0 aliphatic carbocycles. The number of imidazole rings is 1. The Hall–Kier alpha value is -1.36. The molecule has 22 heavy (non-hydrogen) atoms. The summed E-state index contributed by atoms with van der Waals surface area (Å²) in [6, 6.07) is 13.3. The van der Waals surface area contributed by atoms with Crippen molar-refractivity contribution in [1.82, 2.24) is 15.3 Å². The van der Waals surface area contributed by atoms with Gasteiger partial charge in [-0.15, -0.1) is 12.4 Å². The van der Waals surface area contributed by atoms with E-state index in [2.05, 4.69) is 67.6 Å². The fourth-order valence-corrected chi connectivity index (χ4v) is 3.34. The van der Waals surface area contributed by atoms with Gasteiger partial charge in [-0.2, -0.15) is 0 Å². The van der Waals surface area contributed by atoms with E-state index in [0.717, 1.165) is 22.5 Å². The van der Waals surface area contributed by atoms with Crippen LogP contribution in [0.2, 0.25) is 0 Å². The van der Waals surface area contributed by atoms with E-state index in [1.807, 2.05) is 6.20 Å². The zero-order valence-corrected chi connectivity index (χ0v) is 14.4. The van der Waals surface area contributed by atoms with Crippen molar-refractivity contribution in [3.63, 3.8) is 0 Å². The van der Waals surface area contributed by atoms with Crippen molar-refractivity contribution in [3.05, 3.63) is 52.9 Å². The molecule has 0 bridgehead atoms. The quantitative estimate of drug-likeness (QED) is 0.670. The number of rotatable bonds is 2. The third-order valence-electron chi connectivity index (χ3n) is 4.10. The van der Waals surface area contributed by atoms with E-state index in [-0.39, 0.29) is 12.4 Å². The van der Waals surface area contributed by atoms with E-state index in [1.54, 1.807) is 0 Å². The van der Waals surface area contributed by atoms with Gasteiger partial charge in [0.25, 0.3) is 0 Å². The number of aromatic amines is 1. The summed E-state index contributed by atoms with van der Waals surface area (Å²) in [4.78, 5) is 8.01. The molecule has 3 aromatic rings. The highest BCUT2D eigenvalue weighted by atomic mass is 79.9. The average molecular weight is 379 g/mol. The number of aromatic nitrogens is 2. The Balaban J connectivity index is 0.00000144. The smallest absolute Gasteiger partial charge is 0.123 e. The van der Waals surface area contributed by atoms with Crippen LogP contribution in [0.3, 0.4) is 0 Å². The van der Waals surface area contributed by atoms with Gasteiger partial charge < -0.3 is 10.3 Å². The first-order chi connectivity index (χ1) is 10.3. The molecule has 0 saturated carbocycles. The van der Waals surface area contributed by atoms with Crippen molar-refractivity contribution in [2.45, 2.75) is 18.9 Å². The topological polar surface area (TPSA) is 40.7 Å². The van der Waals surface area contributed by atoms with Crippen LogP contribution >= 0.6 is 28.3 Å². The van der Waals surface area contributed by atoms with Gasteiger partial charge in [-0.3, -0.25) is 0 Å². The third-order valence-corrected chi connectivity index (χ3v) is 4.59. The van der Waals surface area contributed by atoms with E-state index < -0.39 is 0 Å². The zero-order valence-electron chi connectivity index (χ0n) is 12.0. The number of nitrogens with zero attached hydrogens (tertiary/aromatic N) is 1. The van der Waals surface area contributed by atoms with Crippen LogP contribution in [0.25, 0.3) is 22.0 Å². The van der Waals surface area contributed by atoms with Gasteiger partial charge in [0, 0.05) is 10.0 Å². The van der Waals surface area contributed by atoms with Gasteiger partial charge >= 0.3 is 0 Å². The number of halogens is 2. The molecule has 2 aromatic carbocycles. The van der Waals surface area contributed by atoms with Crippen molar-refractivity contribution in [1.29, 1.82) is 0 Å². The van der Waals surface area contributed by atoms with E-state index in [9.17, 15) is 0 Å². The van der Waals surface area contributed by atoms with Gasteiger partial charge in [0.2, 0.25) is 0 Å². The van der Waals surface area contributed by atoms with Gasteiger partial charge in [-0.05, 0) is 48.4 Å². The zero-order chi connectivity index (χ0) is 14.2. The Morgan fingerprint density at radius 2 is 1.91 bits per heavy atom. The Morgan fingerprint density at radius 3 is 2.73 bits per heavy atom. The highest BCUT2D eigenvalue weighted by Gasteiger charge is 2.19. The van der Waals surface area contributed by atoms with Crippen LogP contribution < -0.4 is 5.32 Å². The Bertz CT molecular complexity index is 793. The predicted molar refractivity (Wildman–Crippen MR) is 96.5 cm³/mol. The van der Waals surface area contributed by atoms with Crippen LogP contribution in [0, 0.1) is 0 Å². The molecule has 2 N–H and O–H groups in total. The van der Waals surface area contributed by atoms with Crippen LogP contribution in [-0.2, 0) is 0 Å². The van der Waals surface area contributed by atoms with Crippen LogP contribution in [0.5, 0.6) is 0 Å². The summed E-state index contributed by atoms with van der Waals surface area (Å²) in [6.07, 6.45) is 4.33. The summed E-state index contributed by atoms with van der Waals surface area (Å²) in [5, 5.41) is 5.96. The molecule has 2 heterocycles. The summed E-state index contributed by atoms with van der Waals surface area (Å²) in [5.74, 6) is 1.05. The van der Waals surface area contributed by atoms with Crippen LogP contribution in [0.15, 0.2) is 47.1 Å². The summed E-state index contributed by atoms with van der Waals surface area (Å²) in [5.41, 5.74) is 2.27. The highest BCUT2D eigenvalue weighted by molar-refractivity contribution is 9.10. The number of hydrogen-bond donors (Lipinski definition) is 2. The van der Waals surface area contributed by atoms with Crippen LogP contribution in [-0.4, -0.2) is 16.5 Å². The Labute approximate surface area is 144 Å². The number of H-pyrrole nitrogens is 1. The number of fused-ring (bicyclic) bond motifs is 1. The minimum absolute atomic E-state index is 0. The summed E-state index contributed by atoms with van der Waals surface area (Å²) in [7, 11) is 0. The average Bonchev–Trinajstić information content (AvgIpc) is 3.17. The molecule has 0 amide bonds. The maximum absolute atomic E-state index is 4.54. The lowest BCUT2D eigenvalue weighted by Crippen LogP contribution is -2.14. The number of benzene rings is 2. The molecule has 1 saturated heterocycles. The molecule has 0 unspecified atom stereocenters. The van der Waals surface area contributed by atoms with Crippen molar-refractivity contribution in [2.75, 3.05) is 6.54 Å². The van der Waals surface area contributed by atoms with Crippen LogP contribution in [0.1, 0.15) is 24.7 Å². The second-order valence-corrected chi connectivity index (χ2v) is 6.45. The molecule has 0 spiro atoms. The first-order valence-corrected chi connectivity index (χ1v) is 8.07. The Morgan fingerprint density at radius 1 is 1.09 bits per heavy atom. The Kier molecular flexibility index (Phi) is 4.52. The molecular weight excluding hydrogens is 362 g/mol. The molecule has 5 heteroatoms. The lowest BCUT2D eigenvalue weighted by atomic mass is 10.1. The third kappa shape index (κ3) is 2.91. The molecule has 4 rings (SSSR count). The number of nitrogens with one attached hydrogen (secondary N) is 2. The minimum Gasteiger partial charge on any atom is -0.341 e. The fraction of sp³-hybridized carbons (Fsp3) is 0.235. The maximum atomic E-state index is 4.54. The number of hydrogen-bond acceptors (Lipinski definition) is 2. The van der Waals surface area contributed by atoms with Crippen molar-refractivity contribution >= 4 is 39.1 Å². The fourth-order valence-electron chi connectivity index (χ4n) is 2.96. The van der Waals surface area contributed by atoms with E-state index in [4.69, 9.17) is 0 Å². The minimum atomic E-state index is 0. The summed E-state index contributed by atoms with van der Waals surface area (Å²) in [6.45, 7) is 1.09. The van der Waals surface area contributed by atoms with Crippen LogP contribution in [0.4, 0.5) is 0 Å². The molecule has 1 fully saturated rings. The lowest BCUT2D eigenvalue weighted by Gasteiger charge is -2.06. The molecule has 3 nitrogen and oxygen atoms in total. The molecular formula is C17H17BrClN3. The normalized spacial score (nSPS) is 17.6. The predicted octanol–water partition coefficient (Wildman–Crippen LogP) is 4.84.